The molecule has 1 saturated heterocycles. The van der Waals surface area contributed by atoms with Gasteiger partial charge in [0, 0.05) is 19.2 Å². The highest BCUT2D eigenvalue weighted by Gasteiger charge is 2.16. The molecule has 2 aromatic rings. The second-order valence-corrected chi connectivity index (χ2v) is 5.94. The van der Waals surface area contributed by atoms with Crippen LogP contribution < -0.4 is 20.7 Å². The molecule has 7 nitrogen and oxygen atoms in total. The number of methoxy groups -OCH3 is 1. The monoisotopic (exact) mass is 434 g/mol. The minimum Gasteiger partial charge on any atom is -0.496 e. The molecular formula is C17H21Cl3N4O3. The number of amides is 1. The molecule has 0 aliphatic carbocycles. The minimum absolute atomic E-state index is 0. The average Bonchev–Trinajstić information content (AvgIpc) is 2.65. The number of aromatic nitrogens is 1. The van der Waals surface area contributed by atoms with Crippen molar-refractivity contribution in [3.8, 4) is 5.75 Å². The molecule has 1 fully saturated rings. The molecule has 1 aliphatic rings. The largest absolute Gasteiger partial charge is 0.496 e. The highest BCUT2D eigenvalue weighted by Crippen LogP contribution is 2.29. The number of hydrogen-bond donors (Lipinski definition) is 2. The molecule has 2 heterocycles. The van der Waals surface area contributed by atoms with Crippen molar-refractivity contribution >= 4 is 59.5 Å². The summed E-state index contributed by atoms with van der Waals surface area (Å²) in [7, 11) is 1.47. The Kier molecular flexibility index (Phi) is 8.92. The van der Waals surface area contributed by atoms with E-state index < -0.39 is 0 Å². The third kappa shape index (κ3) is 5.52. The number of nitrogen functional groups attached to an aromatic ring is 1. The molecule has 0 spiro atoms. The van der Waals surface area contributed by atoms with Crippen LogP contribution in [0.4, 0.5) is 17.2 Å². The van der Waals surface area contributed by atoms with E-state index in [0.717, 1.165) is 18.9 Å². The highest BCUT2D eigenvalue weighted by molar-refractivity contribution is 6.33. The number of morpholine rings is 1. The minimum atomic E-state index is -0.348. The number of pyridine rings is 1. The van der Waals surface area contributed by atoms with Crippen molar-refractivity contribution in [1.82, 2.24) is 4.98 Å². The van der Waals surface area contributed by atoms with Crippen LogP contribution in [-0.2, 0) is 4.74 Å². The van der Waals surface area contributed by atoms with E-state index in [1.54, 1.807) is 12.3 Å². The SMILES string of the molecule is COc1cc(N)c(Cl)cc1C(=O)Nc1ccc(N2CCOCC2)nc1.Cl.Cl. The molecule has 0 saturated carbocycles. The van der Waals surface area contributed by atoms with Gasteiger partial charge in [0.05, 0.1) is 48.5 Å². The van der Waals surface area contributed by atoms with E-state index in [9.17, 15) is 4.79 Å². The molecule has 1 aromatic heterocycles. The van der Waals surface area contributed by atoms with Crippen molar-refractivity contribution in [1.29, 1.82) is 0 Å². The van der Waals surface area contributed by atoms with Crippen molar-refractivity contribution in [3.05, 3.63) is 41.0 Å². The molecule has 10 heteroatoms. The van der Waals surface area contributed by atoms with Gasteiger partial charge in [0.2, 0.25) is 0 Å². The number of hydrogen-bond acceptors (Lipinski definition) is 6. The number of nitrogens with one attached hydrogen (secondary N) is 1. The Morgan fingerprint density at radius 3 is 2.59 bits per heavy atom. The number of nitrogens with two attached hydrogens (primary N) is 1. The van der Waals surface area contributed by atoms with E-state index in [-0.39, 0.29) is 30.7 Å². The predicted octanol–water partition coefficient (Wildman–Crippen LogP) is 3.26. The maximum atomic E-state index is 12.5. The van der Waals surface area contributed by atoms with Gasteiger partial charge in [-0.25, -0.2) is 4.98 Å². The molecule has 0 bridgehead atoms. The van der Waals surface area contributed by atoms with Gasteiger partial charge < -0.3 is 25.4 Å². The summed E-state index contributed by atoms with van der Waals surface area (Å²) in [6.07, 6.45) is 1.62. The number of ether oxygens (including phenoxy) is 2. The molecular weight excluding hydrogens is 415 g/mol. The van der Waals surface area contributed by atoms with Gasteiger partial charge in [0.15, 0.2) is 0 Å². The summed E-state index contributed by atoms with van der Waals surface area (Å²) >= 11 is 6.01. The van der Waals surface area contributed by atoms with Crippen molar-refractivity contribution in [3.63, 3.8) is 0 Å². The molecule has 0 unspecified atom stereocenters. The lowest BCUT2D eigenvalue weighted by Gasteiger charge is -2.27. The van der Waals surface area contributed by atoms with Crippen LogP contribution in [0.2, 0.25) is 5.02 Å². The third-order valence-corrected chi connectivity index (χ3v) is 4.23. The second-order valence-electron chi connectivity index (χ2n) is 5.53. The predicted molar refractivity (Wildman–Crippen MR) is 112 cm³/mol. The number of rotatable bonds is 4. The van der Waals surface area contributed by atoms with Crippen LogP contribution in [-0.4, -0.2) is 44.3 Å². The Bertz CT molecular complexity index is 769. The van der Waals surface area contributed by atoms with E-state index in [1.165, 1.54) is 19.2 Å². The van der Waals surface area contributed by atoms with Crippen LogP contribution in [0.5, 0.6) is 5.75 Å². The lowest BCUT2D eigenvalue weighted by atomic mass is 10.1. The second kappa shape index (κ2) is 10.4. The summed E-state index contributed by atoms with van der Waals surface area (Å²) in [6, 6.07) is 6.69. The third-order valence-electron chi connectivity index (χ3n) is 3.90. The quantitative estimate of drug-likeness (QED) is 0.717. The molecule has 148 valence electrons. The maximum Gasteiger partial charge on any atom is 0.259 e. The fourth-order valence-corrected chi connectivity index (χ4v) is 2.72. The van der Waals surface area contributed by atoms with Crippen molar-refractivity contribution in [2.45, 2.75) is 0 Å². The molecule has 0 atom stereocenters. The molecule has 3 N–H and O–H groups in total. The smallest absolute Gasteiger partial charge is 0.259 e. The van der Waals surface area contributed by atoms with Crippen LogP contribution in [0.3, 0.4) is 0 Å². The lowest BCUT2D eigenvalue weighted by Crippen LogP contribution is -2.36. The average molecular weight is 436 g/mol. The van der Waals surface area contributed by atoms with Gasteiger partial charge in [-0.2, -0.15) is 0 Å². The van der Waals surface area contributed by atoms with Gasteiger partial charge in [-0.1, -0.05) is 11.6 Å². The first kappa shape index (κ1) is 23.1. The van der Waals surface area contributed by atoms with Crippen LogP contribution in [0, 0.1) is 0 Å². The Hall–Kier alpha value is -1.93. The Morgan fingerprint density at radius 2 is 2.00 bits per heavy atom. The molecule has 0 radical (unpaired) electrons. The van der Waals surface area contributed by atoms with Gasteiger partial charge in [-0.05, 0) is 18.2 Å². The lowest BCUT2D eigenvalue weighted by molar-refractivity contribution is 0.102. The molecule has 1 amide bonds. The van der Waals surface area contributed by atoms with Gasteiger partial charge >= 0.3 is 0 Å². The zero-order chi connectivity index (χ0) is 17.8. The van der Waals surface area contributed by atoms with E-state index in [1.807, 2.05) is 6.07 Å². The molecule has 1 aromatic carbocycles. The topological polar surface area (TPSA) is 89.7 Å². The first-order valence-electron chi connectivity index (χ1n) is 7.81. The van der Waals surface area contributed by atoms with Gasteiger partial charge in [-0.3, -0.25) is 4.79 Å². The Labute approximate surface area is 175 Å². The van der Waals surface area contributed by atoms with Crippen molar-refractivity contribution < 1.29 is 14.3 Å². The zero-order valence-corrected chi connectivity index (χ0v) is 17.0. The summed E-state index contributed by atoms with van der Waals surface area (Å²) in [5, 5.41) is 3.08. The fraction of sp³-hybridized carbons (Fsp3) is 0.294. The number of benzene rings is 1. The van der Waals surface area contributed by atoms with E-state index in [0.29, 0.717) is 40.9 Å². The van der Waals surface area contributed by atoms with Crippen molar-refractivity contribution in [2.24, 2.45) is 0 Å². The van der Waals surface area contributed by atoms with E-state index in [4.69, 9.17) is 26.8 Å². The zero-order valence-electron chi connectivity index (χ0n) is 14.6. The summed E-state index contributed by atoms with van der Waals surface area (Å²) < 4.78 is 10.5. The summed E-state index contributed by atoms with van der Waals surface area (Å²) in [5.41, 5.74) is 6.98. The first-order valence-corrected chi connectivity index (χ1v) is 8.19. The Balaban J connectivity index is 0.00000182. The number of anilines is 3. The van der Waals surface area contributed by atoms with Gasteiger partial charge in [0.1, 0.15) is 11.6 Å². The summed E-state index contributed by atoms with van der Waals surface area (Å²) in [6.45, 7) is 3.00. The number of carbonyl (C=O) groups is 1. The van der Waals surface area contributed by atoms with E-state index in [2.05, 4.69) is 15.2 Å². The van der Waals surface area contributed by atoms with Crippen LogP contribution >= 0.6 is 36.4 Å². The number of nitrogens with zero attached hydrogens (tertiary/aromatic N) is 2. The fourth-order valence-electron chi connectivity index (χ4n) is 2.55. The summed E-state index contributed by atoms with van der Waals surface area (Å²) in [4.78, 5) is 19.0. The molecule has 27 heavy (non-hydrogen) atoms. The van der Waals surface area contributed by atoms with Crippen molar-refractivity contribution in [2.75, 3.05) is 49.4 Å². The van der Waals surface area contributed by atoms with Crippen LogP contribution in [0.15, 0.2) is 30.5 Å². The number of carbonyl (C=O) groups excluding carboxylic acids is 1. The number of halogens is 3. The Morgan fingerprint density at radius 1 is 1.30 bits per heavy atom. The molecule has 3 rings (SSSR count). The summed E-state index contributed by atoms with van der Waals surface area (Å²) in [5.74, 6) is 0.867. The first-order chi connectivity index (χ1) is 12.1. The maximum absolute atomic E-state index is 12.5. The molecule has 1 aliphatic heterocycles. The van der Waals surface area contributed by atoms with Crippen LogP contribution in [0.1, 0.15) is 10.4 Å². The van der Waals surface area contributed by atoms with Gasteiger partial charge in [0.25, 0.3) is 5.91 Å². The van der Waals surface area contributed by atoms with Crippen LogP contribution in [0.25, 0.3) is 0 Å². The van der Waals surface area contributed by atoms with Gasteiger partial charge in [-0.15, -0.1) is 24.8 Å². The normalized spacial score (nSPS) is 13.2. The standard InChI is InChI=1S/C17H19ClN4O3.2ClH/c1-24-15-9-14(19)13(18)8-12(15)17(23)21-11-2-3-16(20-10-11)22-4-6-25-7-5-22;;/h2-3,8-10H,4-7,19H2,1H3,(H,21,23);2*1H. The highest BCUT2D eigenvalue weighted by atomic mass is 35.5. The van der Waals surface area contributed by atoms with E-state index >= 15 is 0 Å².